The number of rotatable bonds is 2. The molecule has 3 unspecified atom stereocenters. The van der Waals surface area contributed by atoms with Crippen molar-refractivity contribution in [1.82, 2.24) is 10.2 Å². The molecule has 5 heteroatoms. The van der Waals surface area contributed by atoms with Gasteiger partial charge in [0.2, 0.25) is 11.8 Å². The van der Waals surface area contributed by atoms with Gasteiger partial charge in [0.25, 0.3) is 0 Å². The fraction of sp³-hybridized carbons (Fsp3) is 0.846. The third-order valence-corrected chi connectivity index (χ3v) is 4.37. The first-order chi connectivity index (χ1) is 8.66. The number of carbonyl (C=O) groups is 2. The Bertz CT molecular complexity index is 341. The Balaban J connectivity index is 1.67. The molecule has 0 aromatic heterocycles. The van der Waals surface area contributed by atoms with Crippen LogP contribution in [0.15, 0.2) is 0 Å². The Morgan fingerprint density at radius 1 is 1.28 bits per heavy atom. The van der Waals surface area contributed by atoms with E-state index < -0.39 is 0 Å². The first-order valence-electron chi connectivity index (χ1n) is 6.83. The number of ether oxygens (including phenoxy) is 1. The van der Waals surface area contributed by atoms with E-state index in [1.54, 1.807) is 0 Å². The van der Waals surface area contributed by atoms with Crippen molar-refractivity contribution in [2.24, 2.45) is 17.8 Å². The molecule has 2 amide bonds. The Morgan fingerprint density at radius 3 is 2.50 bits per heavy atom. The number of nitrogens with one attached hydrogen (secondary N) is 1. The van der Waals surface area contributed by atoms with Crippen LogP contribution in [0.5, 0.6) is 0 Å². The summed E-state index contributed by atoms with van der Waals surface area (Å²) in [5.41, 5.74) is 0. The highest BCUT2D eigenvalue weighted by Crippen LogP contribution is 2.42. The Morgan fingerprint density at radius 2 is 1.94 bits per heavy atom. The Labute approximate surface area is 107 Å². The molecule has 0 spiro atoms. The minimum Gasteiger partial charge on any atom is -0.378 e. The molecule has 3 atom stereocenters. The maximum Gasteiger partial charge on any atom is 0.233 e. The summed E-state index contributed by atoms with van der Waals surface area (Å²) in [6.45, 7) is 4.69. The molecule has 0 aromatic rings. The van der Waals surface area contributed by atoms with Gasteiger partial charge in [-0.3, -0.25) is 14.5 Å². The lowest BCUT2D eigenvalue weighted by Gasteiger charge is -2.27. The molecule has 2 aliphatic heterocycles. The largest absolute Gasteiger partial charge is 0.378 e. The molecule has 3 aliphatic rings. The summed E-state index contributed by atoms with van der Waals surface area (Å²) in [6.07, 6.45) is 1.75. The van der Waals surface area contributed by atoms with Gasteiger partial charge >= 0.3 is 0 Å². The summed E-state index contributed by atoms with van der Waals surface area (Å²) in [4.78, 5) is 26.0. The average molecular weight is 252 g/mol. The van der Waals surface area contributed by atoms with Crippen LogP contribution in [0.2, 0.25) is 0 Å². The van der Waals surface area contributed by atoms with Crippen LogP contribution in [-0.2, 0) is 14.3 Å². The van der Waals surface area contributed by atoms with Gasteiger partial charge in [-0.05, 0) is 18.8 Å². The third-order valence-electron chi connectivity index (χ3n) is 4.37. The van der Waals surface area contributed by atoms with Crippen molar-refractivity contribution < 1.29 is 14.3 Å². The molecule has 3 fully saturated rings. The molecule has 1 N–H and O–H groups in total. The summed E-state index contributed by atoms with van der Waals surface area (Å²) in [5, 5.41) is 3.29. The SMILES string of the molecule is CC1CC2C(=O)N(CC3COCCN3)C(=O)C2C1. The van der Waals surface area contributed by atoms with Gasteiger partial charge in [-0.2, -0.15) is 0 Å². The van der Waals surface area contributed by atoms with Crippen LogP contribution in [-0.4, -0.2) is 49.1 Å². The minimum atomic E-state index is -0.0444. The maximum absolute atomic E-state index is 12.3. The molecule has 100 valence electrons. The van der Waals surface area contributed by atoms with Crippen molar-refractivity contribution in [3.63, 3.8) is 0 Å². The molecule has 3 rings (SSSR count). The van der Waals surface area contributed by atoms with Crippen molar-refractivity contribution in [3.05, 3.63) is 0 Å². The van der Waals surface area contributed by atoms with Crippen molar-refractivity contribution in [3.8, 4) is 0 Å². The van der Waals surface area contributed by atoms with Gasteiger partial charge < -0.3 is 10.1 Å². The highest BCUT2D eigenvalue weighted by molar-refractivity contribution is 6.05. The van der Waals surface area contributed by atoms with E-state index in [0.29, 0.717) is 25.7 Å². The highest BCUT2D eigenvalue weighted by atomic mass is 16.5. The number of likely N-dealkylation sites (tertiary alicyclic amines) is 1. The zero-order chi connectivity index (χ0) is 12.7. The van der Waals surface area contributed by atoms with Gasteiger partial charge in [-0.25, -0.2) is 0 Å². The van der Waals surface area contributed by atoms with Crippen LogP contribution in [0.4, 0.5) is 0 Å². The lowest BCUT2D eigenvalue weighted by Crippen LogP contribution is -2.50. The summed E-state index contributed by atoms with van der Waals surface area (Å²) in [7, 11) is 0. The van der Waals surface area contributed by atoms with E-state index in [-0.39, 0.29) is 29.7 Å². The zero-order valence-electron chi connectivity index (χ0n) is 10.7. The first-order valence-corrected chi connectivity index (χ1v) is 6.83. The standard InChI is InChI=1S/C13H20N2O3/c1-8-4-10-11(5-8)13(17)15(12(10)16)6-9-7-18-3-2-14-9/h8-11,14H,2-7H2,1H3. The topological polar surface area (TPSA) is 58.6 Å². The Kier molecular flexibility index (Phi) is 3.11. The van der Waals surface area contributed by atoms with Gasteiger partial charge in [0.15, 0.2) is 0 Å². The number of carbonyl (C=O) groups excluding carboxylic acids is 2. The van der Waals surface area contributed by atoms with Crippen molar-refractivity contribution >= 4 is 11.8 Å². The number of fused-ring (bicyclic) bond motifs is 1. The highest BCUT2D eigenvalue weighted by Gasteiger charge is 2.51. The van der Waals surface area contributed by atoms with Crippen molar-refractivity contribution in [2.45, 2.75) is 25.8 Å². The van der Waals surface area contributed by atoms with E-state index in [2.05, 4.69) is 12.2 Å². The number of hydrogen-bond donors (Lipinski definition) is 1. The molecule has 2 heterocycles. The third kappa shape index (κ3) is 1.95. The maximum atomic E-state index is 12.3. The van der Waals surface area contributed by atoms with Crippen LogP contribution in [0.25, 0.3) is 0 Å². The van der Waals surface area contributed by atoms with Crippen LogP contribution in [0, 0.1) is 17.8 Å². The molecule has 5 nitrogen and oxygen atoms in total. The molecule has 18 heavy (non-hydrogen) atoms. The van der Waals surface area contributed by atoms with Crippen LogP contribution in [0.1, 0.15) is 19.8 Å². The quantitative estimate of drug-likeness (QED) is 0.703. The molecule has 1 aliphatic carbocycles. The average Bonchev–Trinajstić information content (AvgIpc) is 2.85. The molecular formula is C13H20N2O3. The summed E-state index contributed by atoms with van der Waals surface area (Å²) >= 11 is 0. The lowest BCUT2D eigenvalue weighted by atomic mass is 10.00. The van der Waals surface area contributed by atoms with Gasteiger partial charge in [-0.15, -0.1) is 0 Å². The predicted octanol–water partition coefficient (Wildman–Crippen LogP) is 0.00590. The number of morpholine rings is 1. The second kappa shape index (κ2) is 4.63. The molecule has 0 radical (unpaired) electrons. The number of amides is 2. The van der Waals surface area contributed by atoms with Crippen molar-refractivity contribution in [2.75, 3.05) is 26.3 Å². The molecule has 1 saturated carbocycles. The van der Waals surface area contributed by atoms with E-state index in [0.717, 1.165) is 19.4 Å². The lowest BCUT2D eigenvalue weighted by molar-refractivity contribution is -0.141. The van der Waals surface area contributed by atoms with Gasteiger partial charge in [0.05, 0.1) is 25.0 Å². The molecular weight excluding hydrogens is 232 g/mol. The van der Waals surface area contributed by atoms with E-state index in [1.807, 2.05) is 0 Å². The molecule has 0 aromatic carbocycles. The summed E-state index contributed by atoms with van der Waals surface area (Å²) < 4.78 is 5.36. The normalized spacial score (nSPS) is 40.4. The second-order valence-electron chi connectivity index (χ2n) is 5.80. The fourth-order valence-corrected chi connectivity index (χ4v) is 3.48. The van der Waals surface area contributed by atoms with E-state index in [4.69, 9.17) is 4.74 Å². The predicted molar refractivity (Wildman–Crippen MR) is 64.7 cm³/mol. The molecule has 2 saturated heterocycles. The van der Waals surface area contributed by atoms with Crippen LogP contribution < -0.4 is 5.32 Å². The summed E-state index contributed by atoms with van der Waals surface area (Å²) in [5.74, 6) is 0.503. The van der Waals surface area contributed by atoms with Gasteiger partial charge in [0, 0.05) is 19.1 Å². The van der Waals surface area contributed by atoms with Gasteiger partial charge in [-0.1, -0.05) is 6.92 Å². The minimum absolute atomic E-state index is 0.0433. The molecule has 0 bridgehead atoms. The van der Waals surface area contributed by atoms with E-state index in [9.17, 15) is 9.59 Å². The van der Waals surface area contributed by atoms with Crippen molar-refractivity contribution in [1.29, 1.82) is 0 Å². The first kappa shape index (κ1) is 12.1. The number of hydrogen-bond acceptors (Lipinski definition) is 4. The van der Waals surface area contributed by atoms with Crippen LogP contribution >= 0.6 is 0 Å². The van der Waals surface area contributed by atoms with Crippen LogP contribution in [0.3, 0.4) is 0 Å². The Hall–Kier alpha value is -0.940. The smallest absolute Gasteiger partial charge is 0.233 e. The van der Waals surface area contributed by atoms with Gasteiger partial charge in [0.1, 0.15) is 0 Å². The van der Waals surface area contributed by atoms with E-state index in [1.165, 1.54) is 4.90 Å². The van der Waals surface area contributed by atoms with E-state index >= 15 is 0 Å². The number of nitrogens with zero attached hydrogens (tertiary/aromatic N) is 1. The second-order valence-corrected chi connectivity index (χ2v) is 5.80. The number of imide groups is 1. The monoisotopic (exact) mass is 252 g/mol. The fourth-order valence-electron chi connectivity index (χ4n) is 3.48. The zero-order valence-corrected chi connectivity index (χ0v) is 10.7. The summed E-state index contributed by atoms with van der Waals surface area (Å²) in [6, 6.07) is 0.0999.